The number of amides is 1. The van der Waals surface area contributed by atoms with Gasteiger partial charge in [-0.1, -0.05) is 84.9 Å². The first-order valence-electron chi connectivity index (χ1n) is 16.4. The van der Waals surface area contributed by atoms with Crippen molar-refractivity contribution in [2.45, 2.75) is 30.8 Å². The van der Waals surface area contributed by atoms with Gasteiger partial charge in [0.25, 0.3) is 5.91 Å². The van der Waals surface area contributed by atoms with Crippen LogP contribution in [0.5, 0.6) is 0 Å². The summed E-state index contributed by atoms with van der Waals surface area (Å²) in [6.45, 7) is 0.407. The van der Waals surface area contributed by atoms with Crippen molar-refractivity contribution in [3.63, 3.8) is 0 Å². The third kappa shape index (κ3) is 6.80. The average molecular weight is 717 g/mol. The van der Waals surface area contributed by atoms with Crippen molar-refractivity contribution in [3.05, 3.63) is 144 Å². The van der Waals surface area contributed by atoms with Crippen LogP contribution >= 0.6 is 7.15 Å². The van der Waals surface area contributed by atoms with Crippen LogP contribution in [0.25, 0.3) is 22.3 Å². The molecule has 0 bridgehead atoms. The van der Waals surface area contributed by atoms with Gasteiger partial charge in [0.2, 0.25) is 11.8 Å². The molecule has 1 aliphatic carbocycles. The summed E-state index contributed by atoms with van der Waals surface area (Å²) in [6, 6.07) is 34.3. The van der Waals surface area contributed by atoms with Crippen LogP contribution in [0.1, 0.15) is 50.4 Å². The number of nitrogens with zero attached hydrogens (tertiary/aromatic N) is 4. The highest BCUT2D eigenvalue weighted by Crippen LogP contribution is 2.46. The van der Waals surface area contributed by atoms with Crippen LogP contribution in [-0.4, -0.2) is 56.8 Å². The van der Waals surface area contributed by atoms with Crippen LogP contribution in [0.15, 0.2) is 122 Å². The lowest BCUT2D eigenvalue weighted by Crippen LogP contribution is -2.30. The normalized spacial score (nSPS) is 18.3. The highest BCUT2D eigenvalue weighted by molar-refractivity contribution is 8.00. The van der Waals surface area contributed by atoms with E-state index in [1.807, 2.05) is 36.4 Å². The lowest BCUT2D eigenvalue weighted by molar-refractivity contribution is -0.0451. The van der Waals surface area contributed by atoms with Gasteiger partial charge in [0, 0.05) is 17.9 Å². The summed E-state index contributed by atoms with van der Waals surface area (Å²) in [7, 11) is -1.71. The molecule has 8 rings (SSSR count). The fraction of sp³-hybridized carbons (Fsp3) is 0.184. The van der Waals surface area contributed by atoms with Crippen molar-refractivity contribution < 1.29 is 28.1 Å². The predicted octanol–water partition coefficient (Wildman–Crippen LogP) is 7.21. The van der Waals surface area contributed by atoms with Crippen LogP contribution in [0, 0.1) is 0 Å². The molecule has 11 nitrogen and oxygen atoms in total. The Kier molecular flexibility index (Phi) is 9.40. The molecule has 1 aliphatic heterocycles. The zero-order chi connectivity index (χ0) is 34.7. The molecule has 1 saturated heterocycles. The average Bonchev–Trinajstić information content (AvgIpc) is 3.88. The third-order valence-corrected chi connectivity index (χ3v) is 10.4. The van der Waals surface area contributed by atoms with Crippen molar-refractivity contribution in [1.29, 1.82) is 0 Å². The van der Waals surface area contributed by atoms with E-state index in [4.69, 9.17) is 30.3 Å². The highest BCUT2D eigenvalue weighted by Gasteiger charge is 2.42. The van der Waals surface area contributed by atoms with Gasteiger partial charge in [-0.05, 0) is 46.5 Å². The van der Waals surface area contributed by atoms with Crippen LogP contribution in [0.4, 0.5) is 5.82 Å². The number of carbonyl (C=O) groups excluding carboxylic acids is 2. The Morgan fingerprint density at radius 3 is 2.14 bits per heavy atom. The van der Waals surface area contributed by atoms with E-state index in [1.54, 1.807) is 59.4 Å². The summed E-state index contributed by atoms with van der Waals surface area (Å²) >= 11 is 5.65. The van der Waals surface area contributed by atoms with E-state index < -0.39 is 31.6 Å². The van der Waals surface area contributed by atoms with Crippen LogP contribution in [0.2, 0.25) is 0 Å². The Labute approximate surface area is 299 Å². The van der Waals surface area contributed by atoms with Crippen molar-refractivity contribution in [2.24, 2.45) is 0 Å². The topological polar surface area (TPSA) is 127 Å². The maximum Gasteiger partial charge on any atom is 0.521 e. The zero-order valence-corrected chi connectivity index (χ0v) is 28.8. The molecule has 1 unspecified atom stereocenters. The Morgan fingerprint density at radius 2 is 1.43 bits per heavy atom. The number of hydrogen-bond donors (Lipinski definition) is 1. The van der Waals surface area contributed by atoms with Gasteiger partial charge >= 0.3 is 13.1 Å². The quantitative estimate of drug-likeness (QED) is 0.109. The van der Waals surface area contributed by atoms with E-state index in [2.05, 4.69) is 44.5 Å². The fourth-order valence-corrected chi connectivity index (χ4v) is 7.57. The summed E-state index contributed by atoms with van der Waals surface area (Å²) in [5.41, 5.74) is 6.54. The molecule has 0 spiro atoms. The van der Waals surface area contributed by atoms with E-state index in [1.165, 1.54) is 28.6 Å². The molecule has 0 saturated carbocycles. The number of esters is 1. The number of anilines is 1. The molecule has 1 N–H and O–H groups in total. The number of rotatable bonds is 11. The second-order valence-corrected chi connectivity index (χ2v) is 13.9. The molecular formula is C38H31N5O6PS+. The molecule has 51 heavy (non-hydrogen) atoms. The van der Waals surface area contributed by atoms with Gasteiger partial charge in [-0.2, -0.15) is 0 Å². The van der Waals surface area contributed by atoms with Gasteiger partial charge in [0.05, 0.1) is 11.9 Å². The second-order valence-electron chi connectivity index (χ2n) is 12.1. The Balaban J connectivity index is 0.976. The first kappa shape index (κ1) is 32.9. The van der Waals surface area contributed by atoms with Crippen LogP contribution in [0.3, 0.4) is 0 Å². The van der Waals surface area contributed by atoms with E-state index in [-0.39, 0.29) is 24.2 Å². The molecular weight excluding hydrogens is 685 g/mol. The van der Waals surface area contributed by atoms with Crippen LogP contribution in [-0.2, 0) is 30.3 Å². The second kappa shape index (κ2) is 14.6. The number of aromatic nitrogens is 4. The van der Waals surface area contributed by atoms with Gasteiger partial charge in [-0.3, -0.25) is 9.36 Å². The summed E-state index contributed by atoms with van der Waals surface area (Å²) in [5, 5.41) is 2.82. The lowest BCUT2D eigenvalue weighted by atomic mass is 9.98. The Bertz CT molecular complexity index is 2190. The molecule has 2 aromatic heterocycles. The van der Waals surface area contributed by atoms with Gasteiger partial charge < -0.3 is 14.8 Å². The van der Waals surface area contributed by atoms with E-state index >= 15 is 0 Å². The monoisotopic (exact) mass is 716 g/mol. The zero-order valence-electron chi connectivity index (χ0n) is 27.1. The number of nitrogens with one attached hydrogen (secondary N) is 1. The van der Waals surface area contributed by atoms with Crippen molar-refractivity contribution in [1.82, 2.24) is 19.5 Å². The minimum absolute atomic E-state index is 0.0380. The summed E-state index contributed by atoms with van der Waals surface area (Å²) in [6.07, 6.45) is 1.26. The SMILES string of the molecule is O=C(Nc1ncnc2c1ncn2[C@H]1C[C@H](OC(=O)c2ccccc2)[C@@H](CO[P+](=S)OCC2c3ccccc3-c3ccccc32)O1)c1ccccc1. The van der Waals surface area contributed by atoms with Crippen molar-refractivity contribution in [2.75, 3.05) is 18.5 Å². The molecule has 254 valence electrons. The number of hydrogen-bond acceptors (Lipinski definition) is 10. The molecule has 0 radical (unpaired) electrons. The maximum atomic E-state index is 13.2. The minimum atomic E-state index is -1.71. The standard InChI is InChI=1S/C38H30N5O6PS/c44-37(24-11-3-1-4-12-24)42-35-34-36(40-22-39-35)43(23-41-34)33-19-31(49-38(45)25-13-5-2-6-14-25)32(48-33)21-47-50(51)46-20-30-28-17-9-7-15-26(28)27-16-8-10-18-29(27)30/h1-18,22-23,30-33H,19-21H2/p+1/t31-,32+,33+/m0/s1. The Morgan fingerprint density at radius 1 is 0.804 bits per heavy atom. The first-order valence-corrected chi connectivity index (χ1v) is 18.6. The van der Waals surface area contributed by atoms with E-state index in [0.717, 1.165) is 0 Å². The summed E-state index contributed by atoms with van der Waals surface area (Å²) < 4.78 is 26.4. The maximum absolute atomic E-state index is 13.2. The molecule has 6 aromatic rings. The van der Waals surface area contributed by atoms with E-state index in [9.17, 15) is 9.59 Å². The third-order valence-electron chi connectivity index (χ3n) is 9.04. The molecule has 13 heteroatoms. The molecule has 3 heterocycles. The molecule has 1 amide bonds. The minimum Gasteiger partial charge on any atom is -0.456 e. The smallest absolute Gasteiger partial charge is 0.456 e. The van der Waals surface area contributed by atoms with E-state index in [0.29, 0.717) is 35.3 Å². The highest BCUT2D eigenvalue weighted by atomic mass is 32.4. The molecule has 4 atom stereocenters. The molecule has 4 aromatic carbocycles. The number of benzene rings is 4. The first-order chi connectivity index (χ1) is 25.0. The van der Waals surface area contributed by atoms with Gasteiger partial charge in [-0.25, -0.2) is 19.7 Å². The summed E-state index contributed by atoms with van der Waals surface area (Å²) in [4.78, 5) is 39.2. The Hall–Kier alpha value is -5.23. The van der Waals surface area contributed by atoms with Crippen molar-refractivity contribution >= 4 is 47.8 Å². The number of carbonyl (C=O) groups is 2. The summed E-state index contributed by atoms with van der Waals surface area (Å²) in [5.74, 6) is -0.496. The number of ether oxygens (including phenoxy) is 2. The van der Waals surface area contributed by atoms with Gasteiger partial charge in [-0.15, -0.1) is 9.05 Å². The number of imidazole rings is 1. The lowest BCUT2D eigenvalue weighted by Gasteiger charge is -2.17. The molecule has 2 aliphatic rings. The fourth-order valence-electron chi connectivity index (χ4n) is 6.59. The molecule has 1 fully saturated rings. The van der Waals surface area contributed by atoms with Gasteiger partial charge in [0.15, 0.2) is 17.0 Å². The van der Waals surface area contributed by atoms with Gasteiger partial charge in [0.1, 0.15) is 38.0 Å². The number of fused-ring (bicyclic) bond motifs is 4. The predicted molar refractivity (Wildman–Crippen MR) is 194 cm³/mol. The van der Waals surface area contributed by atoms with Crippen molar-refractivity contribution in [3.8, 4) is 11.1 Å². The van der Waals surface area contributed by atoms with Crippen LogP contribution < -0.4 is 5.32 Å². The largest absolute Gasteiger partial charge is 0.521 e.